The molecule has 0 amide bonds. The van der Waals surface area contributed by atoms with E-state index in [0.717, 1.165) is 84.8 Å². The van der Waals surface area contributed by atoms with Gasteiger partial charge in [-0.05, 0) is 81.6 Å². The van der Waals surface area contributed by atoms with Gasteiger partial charge in [-0.1, -0.05) is 60.9 Å². The number of hydrogen-bond acceptors (Lipinski definition) is 2. The third-order valence-corrected chi connectivity index (χ3v) is 6.65. The van der Waals surface area contributed by atoms with Gasteiger partial charge in [0.05, 0.1) is 0 Å². The number of allylic oxidation sites excluding steroid dienone is 10. The smallest absolute Gasteiger partial charge is 0.194 e. The van der Waals surface area contributed by atoms with Crippen molar-refractivity contribution in [2.45, 2.75) is 72.1 Å². The lowest BCUT2D eigenvalue weighted by Gasteiger charge is -2.29. The van der Waals surface area contributed by atoms with Gasteiger partial charge in [-0.15, -0.1) is 0 Å². The van der Waals surface area contributed by atoms with Crippen molar-refractivity contribution in [1.29, 1.82) is 0 Å². The Bertz CT molecular complexity index is 1090. The summed E-state index contributed by atoms with van der Waals surface area (Å²) in [4.78, 5) is 27.4. The maximum atomic E-state index is 13.8. The lowest BCUT2D eigenvalue weighted by atomic mass is 9.72. The second kappa shape index (κ2) is 9.18. The Kier molecular flexibility index (Phi) is 6.36. The van der Waals surface area contributed by atoms with Crippen molar-refractivity contribution in [2.24, 2.45) is 0 Å². The van der Waals surface area contributed by atoms with Gasteiger partial charge in [0.1, 0.15) is 0 Å². The molecule has 0 saturated heterocycles. The molecule has 1 aromatic rings. The molecule has 1 aromatic carbocycles. The van der Waals surface area contributed by atoms with Crippen LogP contribution in [0.1, 0.15) is 80.8 Å². The zero-order valence-electron chi connectivity index (χ0n) is 19.0. The summed E-state index contributed by atoms with van der Waals surface area (Å²) in [6.07, 6.45) is 15.7. The van der Waals surface area contributed by atoms with Crippen molar-refractivity contribution in [2.75, 3.05) is 0 Å². The molecule has 160 valence electrons. The molecular weight excluding hydrogens is 380 g/mol. The van der Waals surface area contributed by atoms with Gasteiger partial charge in [0.25, 0.3) is 0 Å². The summed E-state index contributed by atoms with van der Waals surface area (Å²) in [6.45, 7) is 6.21. The molecule has 31 heavy (non-hydrogen) atoms. The molecule has 4 rings (SSSR count). The normalized spacial score (nSPS) is 18.9. The Morgan fingerprint density at radius 3 is 2.55 bits per heavy atom. The maximum absolute atomic E-state index is 13.8. The number of carbonyl (C=O) groups excluding carboxylic acids is 2. The standard InChI is InChI=1S/C29H32O2/c1-4-6-7-11-20-14-15-22-18-23(10-5-2)27(29(31)25(22)17-20)26-19(3)16-21-12-8-9-13-24(21)28(26)30/h4,6,12-15,17H,5,7-11,16,18H2,1-3H3/b6-4-. The summed E-state index contributed by atoms with van der Waals surface area (Å²) in [5, 5.41) is 0. The SMILES string of the molecule is C/C=C\CCc1ccc2c(c1)C(=O)C(C1=C(C)CC3=CCCC=C3C1=O)=C(CCC)C2. The van der Waals surface area contributed by atoms with Gasteiger partial charge in [0, 0.05) is 22.3 Å². The highest BCUT2D eigenvalue weighted by atomic mass is 16.1. The summed E-state index contributed by atoms with van der Waals surface area (Å²) < 4.78 is 0. The number of Topliss-reactive ketones (excluding diaryl/α,β-unsaturated/α-hetero) is 2. The highest BCUT2D eigenvalue weighted by Gasteiger charge is 2.36. The maximum Gasteiger partial charge on any atom is 0.194 e. The van der Waals surface area contributed by atoms with Crippen LogP contribution in [0.15, 0.2) is 75.9 Å². The topological polar surface area (TPSA) is 34.1 Å². The Morgan fingerprint density at radius 1 is 0.968 bits per heavy atom. The average molecular weight is 413 g/mol. The van der Waals surface area contributed by atoms with Crippen LogP contribution in [0.4, 0.5) is 0 Å². The summed E-state index contributed by atoms with van der Waals surface area (Å²) in [5.41, 5.74) is 8.61. The first kappa shape index (κ1) is 21.5. The van der Waals surface area contributed by atoms with Crippen LogP contribution < -0.4 is 0 Å². The predicted octanol–water partition coefficient (Wildman–Crippen LogP) is 6.97. The first-order valence-electron chi connectivity index (χ1n) is 11.7. The zero-order valence-corrected chi connectivity index (χ0v) is 19.0. The summed E-state index contributed by atoms with van der Waals surface area (Å²) in [6, 6.07) is 6.35. The molecule has 0 heterocycles. The number of benzene rings is 1. The van der Waals surface area contributed by atoms with Crippen LogP contribution in [-0.4, -0.2) is 11.6 Å². The number of fused-ring (bicyclic) bond motifs is 2. The van der Waals surface area contributed by atoms with Crippen LogP contribution in [0.2, 0.25) is 0 Å². The van der Waals surface area contributed by atoms with Crippen LogP contribution in [0.3, 0.4) is 0 Å². The third-order valence-electron chi connectivity index (χ3n) is 6.65. The lowest BCUT2D eigenvalue weighted by Crippen LogP contribution is -2.26. The van der Waals surface area contributed by atoms with E-state index in [0.29, 0.717) is 11.1 Å². The first-order chi connectivity index (χ1) is 15.0. The zero-order chi connectivity index (χ0) is 22.0. The van der Waals surface area contributed by atoms with Crippen molar-refractivity contribution >= 4 is 11.6 Å². The van der Waals surface area contributed by atoms with E-state index < -0.39 is 0 Å². The molecule has 3 aliphatic rings. The minimum atomic E-state index is 0.0455. The molecule has 0 aliphatic heterocycles. The fraction of sp³-hybridized carbons (Fsp3) is 0.379. The van der Waals surface area contributed by atoms with Crippen molar-refractivity contribution < 1.29 is 9.59 Å². The van der Waals surface area contributed by atoms with E-state index >= 15 is 0 Å². The quantitative estimate of drug-likeness (QED) is 0.473. The third kappa shape index (κ3) is 4.08. The molecule has 0 bridgehead atoms. The summed E-state index contributed by atoms with van der Waals surface area (Å²) >= 11 is 0. The molecule has 0 spiro atoms. The molecular formula is C29H32O2. The molecule has 0 fully saturated rings. The van der Waals surface area contributed by atoms with Gasteiger partial charge in [0.2, 0.25) is 0 Å². The van der Waals surface area contributed by atoms with Crippen LogP contribution in [0.5, 0.6) is 0 Å². The van der Waals surface area contributed by atoms with Crippen molar-refractivity contribution in [3.63, 3.8) is 0 Å². The van der Waals surface area contributed by atoms with Gasteiger partial charge in [-0.2, -0.15) is 0 Å². The average Bonchev–Trinajstić information content (AvgIpc) is 2.76. The first-order valence-corrected chi connectivity index (χ1v) is 11.7. The monoisotopic (exact) mass is 412 g/mol. The molecule has 2 heteroatoms. The highest BCUT2D eigenvalue weighted by Crippen LogP contribution is 2.41. The Morgan fingerprint density at radius 2 is 1.77 bits per heavy atom. The molecule has 0 unspecified atom stereocenters. The van der Waals surface area contributed by atoms with Gasteiger partial charge in [0.15, 0.2) is 11.6 Å². The van der Waals surface area contributed by atoms with E-state index in [2.05, 4.69) is 49.4 Å². The molecule has 0 N–H and O–H groups in total. The number of rotatable bonds is 6. The van der Waals surface area contributed by atoms with E-state index in [-0.39, 0.29) is 11.6 Å². The van der Waals surface area contributed by atoms with E-state index in [1.807, 2.05) is 13.8 Å². The van der Waals surface area contributed by atoms with Gasteiger partial charge < -0.3 is 0 Å². The molecule has 0 atom stereocenters. The number of ketones is 2. The Labute approximate surface area is 186 Å². The number of carbonyl (C=O) groups is 2. The molecule has 0 radical (unpaired) electrons. The largest absolute Gasteiger partial charge is 0.289 e. The predicted molar refractivity (Wildman–Crippen MR) is 127 cm³/mol. The fourth-order valence-electron chi connectivity index (χ4n) is 5.14. The fourth-order valence-corrected chi connectivity index (χ4v) is 5.14. The Balaban J connectivity index is 1.78. The summed E-state index contributed by atoms with van der Waals surface area (Å²) in [7, 11) is 0. The van der Waals surface area contributed by atoms with E-state index in [9.17, 15) is 9.59 Å². The Hall–Kier alpha value is -2.74. The second-order valence-electron chi connectivity index (χ2n) is 8.92. The minimum absolute atomic E-state index is 0.0455. The lowest BCUT2D eigenvalue weighted by molar-refractivity contribution is -0.112. The van der Waals surface area contributed by atoms with E-state index in [1.54, 1.807) is 0 Å². The van der Waals surface area contributed by atoms with Gasteiger partial charge >= 0.3 is 0 Å². The highest BCUT2D eigenvalue weighted by molar-refractivity contribution is 6.26. The molecule has 0 saturated carbocycles. The van der Waals surface area contributed by atoms with Crippen LogP contribution >= 0.6 is 0 Å². The molecule has 2 nitrogen and oxygen atoms in total. The van der Waals surface area contributed by atoms with Gasteiger partial charge in [-0.25, -0.2) is 0 Å². The second-order valence-corrected chi connectivity index (χ2v) is 8.92. The number of hydrogen-bond donors (Lipinski definition) is 0. The van der Waals surface area contributed by atoms with E-state index in [4.69, 9.17) is 0 Å². The van der Waals surface area contributed by atoms with Crippen LogP contribution in [0.25, 0.3) is 0 Å². The van der Waals surface area contributed by atoms with Gasteiger partial charge in [-0.3, -0.25) is 9.59 Å². The minimum Gasteiger partial charge on any atom is -0.289 e. The summed E-state index contributed by atoms with van der Waals surface area (Å²) in [5.74, 6) is 0.100. The van der Waals surface area contributed by atoms with Crippen molar-refractivity contribution in [3.8, 4) is 0 Å². The van der Waals surface area contributed by atoms with Crippen LogP contribution in [0, 0.1) is 0 Å². The van der Waals surface area contributed by atoms with Crippen LogP contribution in [-0.2, 0) is 17.6 Å². The molecule has 0 aromatic heterocycles. The van der Waals surface area contributed by atoms with Crippen molar-refractivity contribution in [1.82, 2.24) is 0 Å². The molecule has 3 aliphatic carbocycles. The van der Waals surface area contributed by atoms with Crippen molar-refractivity contribution in [3.05, 3.63) is 92.6 Å². The number of aryl methyl sites for hydroxylation is 1. The van der Waals surface area contributed by atoms with E-state index in [1.165, 1.54) is 5.56 Å².